The molecule has 4 aromatic carbocycles. The lowest BCUT2D eigenvalue weighted by molar-refractivity contribution is 0.305. The van der Waals surface area contributed by atoms with Gasteiger partial charge < -0.3 is 4.74 Å². The van der Waals surface area contributed by atoms with Crippen LogP contribution >= 0.6 is 0 Å². The SMILES string of the molecule is c1ccc(COc2cc(Cn3nnc4ccccc43)cc(Cn3nnc4ccccc43)c2)cc1. The minimum Gasteiger partial charge on any atom is -0.489 e. The molecule has 6 rings (SSSR count). The zero-order chi connectivity index (χ0) is 22.7. The molecule has 0 aliphatic rings. The van der Waals surface area contributed by atoms with Gasteiger partial charge in [0.25, 0.3) is 0 Å². The van der Waals surface area contributed by atoms with E-state index in [9.17, 15) is 0 Å². The van der Waals surface area contributed by atoms with Crippen LogP contribution in [-0.2, 0) is 19.7 Å². The van der Waals surface area contributed by atoms with Crippen LogP contribution in [0.2, 0.25) is 0 Å². The Balaban J connectivity index is 1.33. The highest BCUT2D eigenvalue weighted by atomic mass is 16.5. The molecule has 0 spiro atoms. The largest absolute Gasteiger partial charge is 0.489 e. The van der Waals surface area contributed by atoms with Crippen molar-refractivity contribution in [3.63, 3.8) is 0 Å². The zero-order valence-electron chi connectivity index (χ0n) is 18.5. The number of para-hydroxylation sites is 2. The molecule has 0 radical (unpaired) electrons. The van der Waals surface area contributed by atoms with E-state index in [-0.39, 0.29) is 0 Å². The number of hydrogen-bond donors (Lipinski definition) is 0. The molecule has 0 atom stereocenters. The third kappa shape index (κ3) is 4.11. The van der Waals surface area contributed by atoms with E-state index in [0.29, 0.717) is 19.7 Å². The first-order valence-corrected chi connectivity index (χ1v) is 11.2. The summed E-state index contributed by atoms with van der Waals surface area (Å²) in [5.74, 6) is 0.810. The van der Waals surface area contributed by atoms with Crippen molar-refractivity contribution in [2.75, 3.05) is 0 Å². The van der Waals surface area contributed by atoms with Crippen LogP contribution in [0.5, 0.6) is 5.75 Å². The van der Waals surface area contributed by atoms with Crippen LogP contribution in [0, 0.1) is 0 Å². The summed E-state index contributed by atoms with van der Waals surface area (Å²) in [6, 6.07) is 32.5. The van der Waals surface area contributed by atoms with Crippen molar-refractivity contribution >= 4 is 22.1 Å². The lowest BCUT2D eigenvalue weighted by Gasteiger charge is -2.12. The summed E-state index contributed by atoms with van der Waals surface area (Å²) >= 11 is 0. The topological polar surface area (TPSA) is 70.7 Å². The van der Waals surface area contributed by atoms with Gasteiger partial charge in [0.05, 0.1) is 24.1 Å². The van der Waals surface area contributed by atoms with Gasteiger partial charge in [-0.3, -0.25) is 0 Å². The molecule has 166 valence electrons. The summed E-state index contributed by atoms with van der Waals surface area (Å²) in [5.41, 5.74) is 7.06. The second-order valence-corrected chi connectivity index (χ2v) is 8.23. The Labute approximate surface area is 196 Å². The van der Waals surface area contributed by atoms with E-state index in [2.05, 4.69) is 51.0 Å². The van der Waals surface area contributed by atoms with Gasteiger partial charge in [-0.25, -0.2) is 9.36 Å². The first-order chi connectivity index (χ1) is 16.8. The van der Waals surface area contributed by atoms with Crippen LogP contribution in [-0.4, -0.2) is 30.0 Å². The first-order valence-electron chi connectivity index (χ1n) is 11.2. The van der Waals surface area contributed by atoms with Crippen LogP contribution in [0.3, 0.4) is 0 Å². The van der Waals surface area contributed by atoms with Gasteiger partial charge in [0, 0.05) is 0 Å². The molecule has 0 amide bonds. The van der Waals surface area contributed by atoms with E-state index in [1.54, 1.807) is 0 Å². The molecule has 0 aliphatic carbocycles. The van der Waals surface area contributed by atoms with Crippen LogP contribution < -0.4 is 4.74 Å². The lowest BCUT2D eigenvalue weighted by Crippen LogP contribution is -2.06. The van der Waals surface area contributed by atoms with E-state index in [1.165, 1.54) is 0 Å². The molecule has 7 nitrogen and oxygen atoms in total. The predicted molar refractivity (Wildman–Crippen MR) is 130 cm³/mol. The zero-order valence-corrected chi connectivity index (χ0v) is 18.5. The van der Waals surface area contributed by atoms with Gasteiger partial charge in [0.2, 0.25) is 0 Å². The number of fused-ring (bicyclic) bond motifs is 2. The fraction of sp³-hybridized carbons (Fsp3) is 0.111. The summed E-state index contributed by atoms with van der Waals surface area (Å²) in [5, 5.41) is 17.3. The van der Waals surface area contributed by atoms with Gasteiger partial charge in [-0.05, 0) is 53.1 Å². The maximum absolute atomic E-state index is 6.20. The van der Waals surface area contributed by atoms with Gasteiger partial charge in [-0.2, -0.15) is 0 Å². The lowest BCUT2D eigenvalue weighted by atomic mass is 10.1. The molecular formula is C27H22N6O. The fourth-order valence-electron chi connectivity index (χ4n) is 4.15. The molecule has 0 saturated carbocycles. The van der Waals surface area contributed by atoms with Crippen molar-refractivity contribution in [2.24, 2.45) is 0 Å². The molecule has 0 saturated heterocycles. The van der Waals surface area contributed by atoms with E-state index in [4.69, 9.17) is 4.74 Å². The third-order valence-electron chi connectivity index (χ3n) is 5.78. The van der Waals surface area contributed by atoms with Crippen LogP contribution in [0.25, 0.3) is 22.1 Å². The Morgan fingerprint density at radius 3 is 1.68 bits per heavy atom. The van der Waals surface area contributed by atoms with E-state index >= 15 is 0 Å². The van der Waals surface area contributed by atoms with Gasteiger partial charge in [0.1, 0.15) is 23.4 Å². The van der Waals surface area contributed by atoms with Crippen LogP contribution in [0.15, 0.2) is 97.1 Å². The van der Waals surface area contributed by atoms with Gasteiger partial charge in [-0.1, -0.05) is 71.1 Å². The van der Waals surface area contributed by atoms with E-state index in [1.807, 2.05) is 76.1 Å². The molecule has 2 aromatic heterocycles. The summed E-state index contributed by atoms with van der Waals surface area (Å²) in [6.45, 7) is 1.69. The summed E-state index contributed by atoms with van der Waals surface area (Å²) in [4.78, 5) is 0. The van der Waals surface area contributed by atoms with E-state index in [0.717, 1.165) is 44.5 Å². The van der Waals surface area contributed by atoms with Gasteiger partial charge in [-0.15, -0.1) is 10.2 Å². The molecule has 0 N–H and O–H groups in total. The van der Waals surface area contributed by atoms with Crippen molar-refractivity contribution in [3.05, 3.63) is 114 Å². The number of benzene rings is 4. The van der Waals surface area contributed by atoms with Gasteiger partial charge >= 0.3 is 0 Å². The van der Waals surface area contributed by atoms with Gasteiger partial charge in [0.15, 0.2) is 0 Å². The average Bonchev–Trinajstić information content (AvgIpc) is 3.48. The second-order valence-electron chi connectivity index (χ2n) is 8.23. The Morgan fingerprint density at radius 2 is 1.09 bits per heavy atom. The molecule has 2 heterocycles. The van der Waals surface area contributed by atoms with E-state index < -0.39 is 0 Å². The molecule has 7 heteroatoms. The molecule has 34 heavy (non-hydrogen) atoms. The minimum atomic E-state index is 0.502. The van der Waals surface area contributed by atoms with Crippen LogP contribution in [0.4, 0.5) is 0 Å². The first kappa shape index (κ1) is 20.1. The monoisotopic (exact) mass is 446 g/mol. The highest BCUT2D eigenvalue weighted by molar-refractivity contribution is 5.74. The van der Waals surface area contributed by atoms with Crippen LogP contribution in [0.1, 0.15) is 16.7 Å². The predicted octanol–water partition coefficient (Wildman–Crippen LogP) is 4.85. The number of rotatable bonds is 7. The van der Waals surface area contributed by atoms with Crippen molar-refractivity contribution in [2.45, 2.75) is 19.7 Å². The minimum absolute atomic E-state index is 0.502. The number of aromatic nitrogens is 6. The Morgan fingerprint density at radius 1 is 0.559 bits per heavy atom. The van der Waals surface area contributed by atoms with Crippen molar-refractivity contribution < 1.29 is 4.74 Å². The van der Waals surface area contributed by atoms with Crippen molar-refractivity contribution in [3.8, 4) is 5.75 Å². The van der Waals surface area contributed by atoms with Crippen molar-refractivity contribution in [1.82, 2.24) is 30.0 Å². The Hall–Kier alpha value is -4.52. The summed E-state index contributed by atoms with van der Waals surface area (Å²) in [6.07, 6.45) is 0. The second kappa shape index (κ2) is 8.78. The number of hydrogen-bond acceptors (Lipinski definition) is 5. The maximum atomic E-state index is 6.20. The summed E-state index contributed by atoms with van der Waals surface area (Å²) in [7, 11) is 0. The number of ether oxygens (including phenoxy) is 1. The Bertz CT molecular complexity index is 1480. The standard InChI is InChI=1S/C27H22N6O/c1-2-8-20(9-3-1)19-34-23-15-21(17-32-26-12-6-4-10-24(26)28-30-32)14-22(16-23)18-33-27-13-7-5-11-25(27)29-31-33/h1-16H,17-19H2. The summed E-state index contributed by atoms with van der Waals surface area (Å²) < 4.78 is 10.0. The molecule has 0 unspecified atom stereocenters. The molecule has 0 fully saturated rings. The Kier molecular flexibility index (Phi) is 5.20. The molecule has 6 aromatic rings. The fourth-order valence-corrected chi connectivity index (χ4v) is 4.15. The average molecular weight is 447 g/mol. The molecular weight excluding hydrogens is 424 g/mol. The highest BCUT2D eigenvalue weighted by Crippen LogP contribution is 2.22. The highest BCUT2D eigenvalue weighted by Gasteiger charge is 2.10. The quantitative estimate of drug-likeness (QED) is 0.351. The number of nitrogens with zero attached hydrogens (tertiary/aromatic N) is 6. The maximum Gasteiger partial charge on any atom is 0.120 e. The molecule has 0 bridgehead atoms. The van der Waals surface area contributed by atoms with Crippen molar-refractivity contribution in [1.29, 1.82) is 0 Å². The third-order valence-corrected chi connectivity index (χ3v) is 5.78. The normalized spacial score (nSPS) is 11.3. The molecule has 0 aliphatic heterocycles. The smallest absolute Gasteiger partial charge is 0.120 e.